The molecule has 0 aromatic carbocycles. The van der Waals surface area contributed by atoms with E-state index in [4.69, 9.17) is 5.26 Å². The Balaban J connectivity index is 3.18. The Morgan fingerprint density at radius 3 is 2.60 bits per heavy atom. The summed E-state index contributed by atoms with van der Waals surface area (Å²) in [6.07, 6.45) is 0. The van der Waals surface area contributed by atoms with Crippen LogP contribution < -0.4 is 4.72 Å². The third-order valence-corrected chi connectivity index (χ3v) is 5.75. The summed E-state index contributed by atoms with van der Waals surface area (Å²) in [6.45, 7) is 3.66. The summed E-state index contributed by atoms with van der Waals surface area (Å²) >= 11 is 4.15. The molecule has 1 aromatic rings. The van der Waals surface area contributed by atoms with Crippen LogP contribution in [0.25, 0.3) is 0 Å². The van der Waals surface area contributed by atoms with Gasteiger partial charge in [-0.25, -0.2) is 8.42 Å². The molecule has 1 rings (SSSR count). The van der Waals surface area contributed by atoms with Crippen molar-refractivity contribution in [2.75, 3.05) is 9.38 Å². The Morgan fingerprint density at radius 2 is 2.13 bits per heavy atom. The van der Waals surface area contributed by atoms with E-state index in [-0.39, 0.29) is 4.66 Å². The van der Waals surface area contributed by atoms with Crippen molar-refractivity contribution in [3.05, 3.63) is 16.0 Å². The molecule has 0 unspecified atom stereocenters. The van der Waals surface area contributed by atoms with Gasteiger partial charge < -0.3 is 0 Å². The summed E-state index contributed by atoms with van der Waals surface area (Å²) in [4.78, 5) is 0.943. The first-order chi connectivity index (χ1) is 6.91. The van der Waals surface area contributed by atoms with Crippen LogP contribution in [0.5, 0.6) is 0 Å². The number of sulfonamides is 1. The van der Waals surface area contributed by atoms with Gasteiger partial charge in [0.15, 0.2) is 0 Å². The second-order valence-electron chi connectivity index (χ2n) is 2.93. The maximum absolute atomic E-state index is 11.3. The van der Waals surface area contributed by atoms with E-state index in [1.165, 1.54) is 11.3 Å². The van der Waals surface area contributed by atoms with Crippen molar-refractivity contribution < 1.29 is 8.42 Å². The van der Waals surface area contributed by atoms with Crippen molar-refractivity contribution in [3.63, 3.8) is 0 Å². The molecule has 0 aliphatic carbocycles. The first kappa shape index (κ1) is 12.5. The molecule has 0 saturated carbocycles. The average molecular weight is 309 g/mol. The van der Waals surface area contributed by atoms with Gasteiger partial charge in [0, 0.05) is 4.88 Å². The topological polar surface area (TPSA) is 70.0 Å². The summed E-state index contributed by atoms with van der Waals surface area (Å²) < 4.78 is 24.8. The minimum absolute atomic E-state index is 0.180. The Labute approximate surface area is 101 Å². The summed E-state index contributed by atoms with van der Waals surface area (Å²) in [5.74, 6) is 0. The highest BCUT2D eigenvalue weighted by atomic mass is 79.9. The molecule has 15 heavy (non-hydrogen) atoms. The van der Waals surface area contributed by atoms with E-state index in [1.807, 2.05) is 13.0 Å². The van der Waals surface area contributed by atoms with Gasteiger partial charge in [0.1, 0.15) is 15.7 Å². The zero-order valence-electron chi connectivity index (χ0n) is 8.17. The number of aryl methyl sites for hydroxylation is 1. The molecule has 1 aromatic heterocycles. The monoisotopic (exact) mass is 308 g/mol. The molecule has 0 atom stereocenters. The summed E-state index contributed by atoms with van der Waals surface area (Å²) in [5.41, 5.74) is 1.23. The summed E-state index contributed by atoms with van der Waals surface area (Å²) in [7, 11) is -3.38. The lowest BCUT2D eigenvalue weighted by Gasteiger charge is -2.02. The van der Waals surface area contributed by atoms with Crippen LogP contribution in [0.2, 0.25) is 0 Å². The van der Waals surface area contributed by atoms with Crippen molar-refractivity contribution in [3.8, 4) is 6.07 Å². The molecule has 0 aliphatic heterocycles. The number of halogens is 1. The van der Waals surface area contributed by atoms with Gasteiger partial charge in [0.25, 0.3) is 0 Å². The highest BCUT2D eigenvalue weighted by Crippen LogP contribution is 2.32. The van der Waals surface area contributed by atoms with Gasteiger partial charge in [-0.1, -0.05) is 15.9 Å². The van der Waals surface area contributed by atoms with Crippen LogP contribution in [-0.2, 0) is 10.0 Å². The van der Waals surface area contributed by atoms with Crippen LogP contribution in [0.1, 0.15) is 16.0 Å². The number of hydrogen-bond acceptors (Lipinski definition) is 4. The second kappa shape index (κ2) is 4.51. The molecule has 0 aliphatic rings. The molecular weight excluding hydrogens is 300 g/mol. The predicted molar refractivity (Wildman–Crippen MR) is 64.8 cm³/mol. The van der Waals surface area contributed by atoms with Gasteiger partial charge in [0.2, 0.25) is 10.0 Å². The first-order valence-electron chi connectivity index (χ1n) is 3.98. The smallest absolute Gasteiger partial charge is 0.243 e. The van der Waals surface area contributed by atoms with Crippen molar-refractivity contribution in [2.24, 2.45) is 0 Å². The lowest BCUT2D eigenvalue weighted by Crippen LogP contribution is -2.12. The lowest BCUT2D eigenvalue weighted by atomic mass is 10.2. The van der Waals surface area contributed by atoms with Gasteiger partial charge in [-0.15, -0.1) is 11.3 Å². The number of alkyl halides is 1. The number of thiophene rings is 1. The highest BCUT2D eigenvalue weighted by Gasteiger charge is 2.16. The molecule has 0 saturated heterocycles. The molecule has 4 nitrogen and oxygen atoms in total. The fourth-order valence-corrected chi connectivity index (χ4v) is 3.19. The minimum atomic E-state index is -3.38. The zero-order valence-corrected chi connectivity index (χ0v) is 11.4. The number of hydrogen-bond donors (Lipinski definition) is 1. The fourth-order valence-electron chi connectivity index (χ4n) is 1.00. The lowest BCUT2D eigenvalue weighted by molar-refractivity contribution is 0.606. The van der Waals surface area contributed by atoms with Crippen LogP contribution >= 0.6 is 27.3 Å². The van der Waals surface area contributed by atoms with E-state index in [9.17, 15) is 8.42 Å². The Hall–Kier alpha value is -0.580. The van der Waals surface area contributed by atoms with Gasteiger partial charge in [-0.3, -0.25) is 4.72 Å². The molecule has 0 spiro atoms. The molecule has 1 heterocycles. The van der Waals surface area contributed by atoms with Gasteiger partial charge in [-0.05, 0) is 19.4 Å². The van der Waals surface area contributed by atoms with Crippen LogP contribution in [0.4, 0.5) is 5.00 Å². The molecule has 1 N–H and O–H groups in total. The molecule has 0 fully saturated rings. The highest BCUT2D eigenvalue weighted by molar-refractivity contribution is 9.10. The van der Waals surface area contributed by atoms with E-state index in [2.05, 4.69) is 20.7 Å². The number of nitriles is 1. The van der Waals surface area contributed by atoms with Gasteiger partial charge in [0.05, 0.1) is 5.56 Å². The van der Waals surface area contributed by atoms with Crippen molar-refractivity contribution in [1.29, 1.82) is 5.26 Å². The van der Waals surface area contributed by atoms with Gasteiger partial charge >= 0.3 is 0 Å². The molecule has 82 valence electrons. The minimum Gasteiger partial charge on any atom is -0.273 e. The van der Waals surface area contributed by atoms with Crippen LogP contribution in [0.15, 0.2) is 0 Å². The number of anilines is 1. The first-order valence-corrected chi connectivity index (χ1v) is 7.57. The van der Waals surface area contributed by atoms with Crippen molar-refractivity contribution >= 4 is 42.3 Å². The van der Waals surface area contributed by atoms with E-state index < -0.39 is 10.0 Å². The van der Waals surface area contributed by atoms with Crippen molar-refractivity contribution in [2.45, 2.75) is 13.8 Å². The standard InChI is InChI=1S/C8H9BrN2O2S2/c1-5-6(2)14-8(7(5)3-10)11-15(12,13)4-9/h11H,4H2,1-2H3. The Kier molecular flexibility index (Phi) is 3.76. The predicted octanol–water partition coefficient (Wildman–Crippen LogP) is 2.33. The fraction of sp³-hybridized carbons (Fsp3) is 0.375. The van der Waals surface area contributed by atoms with Crippen LogP contribution in [-0.4, -0.2) is 13.1 Å². The number of nitrogens with zero attached hydrogens (tertiary/aromatic N) is 1. The SMILES string of the molecule is Cc1sc(NS(=O)(=O)CBr)c(C#N)c1C. The summed E-state index contributed by atoms with van der Waals surface area (Å²) in [6, 6.07) is 2.00. The van der Waals surface area contributed by atoms with E-state index in [0.717, 1.165) is 10.4 Å². The Morgan fingerprint density at radius 1 is 1.53 bits per heavy atom. The van der Waals surface area contributed by atoms with E-state index >= 15 is 0 Å². The van der Waals surface area contributed by atoms with E-state index in [0.29, 0.717) is 10.6 Å². The van der Waals surface area contributed by atoms with E-state index in [1.54, 1.807) is 6.92 Å². The maximum atomic E-state index is 11.3. The Bertz CT molecular complexity index is 513. The largest absolute Gasteiger partial charge is 0.273 e. The van der Waals surface area contributed by atoms with Crippen molar-refractivity contribution in [1.82, 2.24) is 0 Å². The zero-order chi connectivity index (χ0) is 11.6. The second-order valence-corrected chi connectivity index (χ2v) is 7.18. The number of rotatable bonds is 3. The third kappa shape index (κ3) is 2.71. The summed E-state index contributed by atoms with van der Waals surface area (Å²) in [5, 5.41) is 9.29. The normalized spacial score (nSPS) is 11.1. The molecule has 0 amide bonds. The quantitative estimate of drug-likeness (QED) is 0.871. The van der Waals surface area contributed by atoms with Gasteiger partial charge in [-0.2, -0.15) is 5.26 Å². The number of nitrogens with one attached hydrogen (secondary N) is 1. The van der Waals surface area contributed by atoms with Crippen LogP contribution in [0.3, 0.4) is 0 Å². The molecule has 7 heteroatoms. The third-order valence-electron chi connectivity index (χ3n) is 1.89. The molecular formula is C8H9BrN2O2S2. The molecule has 0 radical (unpaired) electrons. The average Bonchev–Trinajstić information content (AvgIpc) is 2.42. The maximum Gasteiger partial charge on any atom is 0.243 e. The van der Waals surface area contributed by atoms with Crippen LogP contribution in [0, 0.1) is 25.2 Å². The molecule has 0 bridgehead atoms.